The molecule has 0 aliphatic rings. The second-order valence-electron chi connectivity index (χ2n) is 10.6. The number of rotatable bonds is 5. The lowest BCUT2D eigenvalue weighted by Crippen LogP contribution is -2.09. The van der Waals surface area contributed by atoms with Crippen molar-refractivity contribution in [3.05, 3.63) is 164 Å². The fourth-order valence-corrected chi connectivity index (χ4v) is 7.37. The number of hydrogen-bond donors (Lipinski definition) is 0. The first-order valence-corrected chi connectivity index (χ1v) is 15.1. The van der Waals surface area contributed by atoms with E-state index in [1.165, 1.54) is 53.2 Å². The first kappa shape index (κ1) is 24.6. The van der Waals surface area contributed by atoms with E-state index in [1.54, 1.807) is 0 Å². The van der Waals surface area contributed by atoms with Crippen LogP contribution in [0.25, 0.3) is 53.2 Å². The standard InChI is InChI=1S/C40H27NS/c1-3-10-28(11-4-1)29-18-23-33(24-19-29)41(32-13-5-2-6-14-32)34-25-20-31(21-26-34)36-16-9-17-37-38-27-22-30-12-7-8-15-35(30)40(38)42-39(36)37/h1-27H. The molecule has 0 saturated heterocycles. The summed E-state index contributed by atoms with van der Waals surface area (Å²) in [5.41, 5.74) is 8.35. The molecule has 1 nitrogen and oxygen atoms in total. The van der Waals surface area contributed by atoms with Crippen LogP contribution in [0, 0.1) is 0 Å². The molecule has 0 saturated carbocycles. The lowest BCUT2D eigenvalue weighted by molar-refractivity contribution is 1.28. The van der Waals surface area contributed by atoms with Crippen LogP contribution in [0.3, 0.4) is 0 Å². The van der Waals surface area contributed by atoms with Gasteiger partial charge in [-0.05, 0) is 69.4 Å². The number of para-hydroxylation sites is 1. The summed E-state index contributed by atoms with van der Waals surface area (Å²) in [5, 5.41) is 5.28. The van der Waals surface area contributed by atoms with Crippen LogP contribution in [-0.4, -0.2) is 0 Å². The summed E-state index contributed by atoms with van der Waals surface area (Å²) in [4.78, 5) is 2.32. The first-order valence-electron chi connectivity index (χ1n) is 14.3. The molecule has 0 aliphatic heterocycles. The Morgan fingerprint density at radius 3 is 1.62 bits per heavy atom. The van der Waals surface area contributed by atoms with E-state index in [1.807, 2.05) is 11.3 Å². The monoisotopic (exact) mass is 553 g/mol. The molecule has 0 radical (unpaired) electrons. The van der Waals surface area contributed by atoms with Gasteiger partial charge in [-0.25, -0.2) is 0 Å². The van der Waals surface area contributed by atoms with Gasteiger partial charge < -0.3 is 4.90 Å². The van der Waals surface area contributed by atoms with Crippen molar-refractivity contribution >= 4 is 59.3 Å². The smallest absolute Gasteiger partial charge is 0.0462 e. The number of fused-ring (bicyclic) bond motifs is 5. The maximum atomic E-state index is 2.32. The zero-order valence-corrected chi connectivity index (χ0v) is 23.8. The van der Waals surface area contributed by atoms with Crippen molar-refractivity contribution in [3.63, 3.8) is 0 Å². The molecule has 0 spiro atoms. The van der Waals surface area contributed by atoms with Crippen LogP contribution in [0.1, 0.15) is 0 Å². The Morgan fingerprint density at radius 2 is 0.881 bits per heavy atom. The van der Waals surface area contributed by atoms with Gasteiger partial charge in [0.05, 0.1) is 0 Å². The minimum absolute atomic E-state index is 1.13. The van der Waals surface area contributed by atoms with Crippen molar-refractivity contribution < 1.29 is 0 Å². The van der Waals surface area contributed by atoms with Crippen molar-refractivity contribution in [3.8, 4) is 22.3 Å². The largest absolute Gasteiger partial charge is 0.311 e. The first-order chi connectivity index (χ1) is 20.8. The van der Waals surface area contributed by atoms with E-state index in [2.05, 4.69) is 169 Å². The van der Waals surface area contributed by atoms with Gasteiger partial charge in [0.1, 0.15) is 0 Å². The molecule has 8 rings (SSSR count). The number of thiophene rings is 1. The molecule has 8 aromatic rings. The van der Waals surface area contributed by atoms with Gasteiger partial charge in [-0.3, -0.25) is 0 Å². The van der Waals surface area contributed by atoms with Gasteiger partial charge in [0.2, 0.25) is 0 Å². The van der Waals surface area contributed by atoms with E-state index in [0.29, 0.717) is 0 Å². The Labute approximate surface area is 249 Å². The Hall–Kier alpha value is -5.18. The molecule has 0 fully saturated rings. The number of nitrogens with zero attached hydrogens (tertiary/aromatic N) is 1. The van der Waals surface area contributed by atoms with Crippen LogP contribution in [0.2, 0.25) is 0 Å². The van der Waals surface area contributed by atoms with E-state index < -0.39 is 0 Å². The summed E-state index contributed by atoms with van der Waals surface area (Å²) < 4.78 is 2.70. The van der Waals surface area contributed by atoms with Crippen LogP contribution in [0.5, 0.6) is 0 Å². The van der Waals surface area contributed by atoms with Gasteiger partial charge in [-0.2, -0.15) is 0 Å². The SMILES string of the molecule is c1ccc(-c2ccc(N(c3ccccc3)c3ccc(-c4cccc5c4sc4c6ccccc6ccc54)cc3)cc2)cc1. The molecule has 1 heterocycles. The van der Waals surface area contributed by atoms with Crippen LogP contribution in [0.4, 0.5) is 17.1 Å². The molecule has 7 aromatic carbocycles. The van der Waals surface area contributed by atoms with E-state index in [9.17, 15) is 0 Å². The summed E-state index contributed by atoms with van der Waals surface area (Å²) in [6, 6.07) is 58.9. The van der Waals surface area contributed by atoms with Crippen molar-refractivity contribution in [1.82, 2.24) is 0 Å². The Bertz CT molecular complexity index is 2160. The van der Waals surface area contributed by atoms with E-state index in [-0.39, 0.29) is 0 Å². The minimum atomic E-state index is 1.13. The molecular formula is C40H27NS. The molecule has 2 heteroatoms. The number of hydrogen-bond acceptors (Lipinski definition) is 2. The summed E-state index contributed by atoms with van der Waals surface area (Å²) >= 11 is 1.91. The highest BCUT2D eigenvalue weighted by molar-refractivity contribution is 7.27. The summed E-state index contributed by atoms with van der Waals surface area (Å²) in [7, 11) is 0. The predicted octanol–water partition coefficient (Wildman–Crippen LogP) is 12.0. The molecule has 0 unspecified atom stereocenters. The van der Waals surface area contributed by atoms with Gasteiger partial charge >= 0.3 is 0 Å². The number of benzene rings is 7. The normalized spacial score (nSPS) is 11.3. The minimum Gasteiger partial charge on any atom is -0.311 e. The fourth-order valence-electron chi connectivity index (χ4n) is 6.00. The van der Waals surface area contributed by atoms with Crippen LogP contribution in [0.15, 0.2) is 164 Å². The van der Waals surface area contributed by atoms with E-state index >= 15 is 0 Å². The molecule has 0 atom stereocenters. The Kier molecular flexibility index (Phi) is 6.05. The third kappa shape index (κ3) is 4.25. The average Bonchev–Trinajstić information content (AvgIpc) is 3.46. The summed E-state index contributed by atoms with van der Waals surface area (Å²) in [6.07, 6.45) is 0. The molecule has 0 amide bonds. The Balaban J connectivity index is 1.21. The second kappa shape index (κ2) is 10.3. The van der Waals surface area contributed by atoms with E-state index in [4.69, 9.17) is 0 Å². The topological polar surface area (TPSA) is 3.24 Å². The lowest BCUT2D eigenvalue weighted by atomic mass is 10.0. The molecule has 0 N–H and O–H groups in total. The third-order valence-electron chi connectivity index (χ3n) is 8.07. The summed E-state index contributed by atoms with van der Waals surface area (Å²) in [5.74, 6) is 0. The van der Waals surface area contributed by atoms with Gasteiger partial charge in [0, 0.05) is 37.2 Å². The maximum absolute atomic E-state index is 2.32. The molecule has 0 aliphatic carbocycles. The quantitative estimate of drug-likeness (QED) is 0.205. The highest BCUT2D eigenvalue weighted by Crippen LogP contribution is 2.43. The van der Waals surface area contributed by atoms with E-state index in [0.717, 1.165) is 17.1 Å². The molecule has 1 aromatic heterocycles. The zero-order valence-electron chi connectivity index (χ0n) is 22.9. The van der Waals surface area contributed by atoms with Crippen LogP contribution in [-0.2, 0) is 0 Å². The van der Waals surface area contributed by atoms with Crippen molar-refractivity contribution in [2.45, 2.75) is 0 Å². The molecule has 0 bridgehead atoms. The van der Waals surface area contributed by atoms with Crippen molar-refractivity contribution in [2.24, 2.45) is 0 Å². The predicted molar refractivity (Wildman–Crippen MR) is 182 cm³/mol. The molecular weight excluding hydrogens is 527 g/mol. The zero-order chi connectivity index (χ0) is 27.9. The number of anilines is 3. The van der Waals surface area contributed by atoms with Crippen molar-refractivity contribution in [2.75, 3.05) is 4.90 Å². The average molecular weight is 554 g/mol. The van der Waals surface area contributed by atoms with Gasteiger partial charge in [-0.15, -0.1) is 11.3 Å². The van der Waals surface area contributed by atoms with Gasteiger partial charge in [-0.1, -0.05) is 127 Å². The highest BCUT2D eigenvalue weighted by Gasteiger charge is 2.15. The molecule has 42 heavy (non-hydrogen) atoms. The van der Waals surface area contributed by atoms with Gasteiger partial charge in [0.15, 0.2) is 0 Å². The molecule has 198 valence electrons. The van der Waals surface area contributed by atoms with Gasteiger partial charge in [0.25, 0.3) is 0 Å². The highest BCUT2D eigenvalue weighted by atomic mass is 32.1. The maximum Gasteiger partial charge on any atom is 0.0462 e. The Morgan fingerprint density at radius 1 is 0.333 bits per heavy atom. The summed E-state index contributed by atoms with van der Waals surface area (Å²) in [6.45, 7) is 0. The lowest BCUT2D eigenvalue weighted by Gasteiger charge is -2.26. The van der Waals surface area contributed by atoms with Crippen LogP contribution >= 0.6 is 11.3 Å². The second-order valence-corrected chi connectivity index (χ2v) is 11.6. The fraction of sp³-hybridized carbons (Fsp3) is 0. The third-order valence-corrected chi connectivity index (χ3v) is 9.36. The van der Waals surface area contributed by atoms with Crippen LogP contribution < -0.4 is 4.90 Å². The van der Waals surface area contributed by atoms with Crippen molar-refractivity contribution in [1.29, 1.82) is 0 Å².